The second-order valence-electron chi connectivity index (χ2n) is 10.7. The highest BCUT2D eigenvalue weighted by atomic mass is 28.3. The van der Waals surface area contributed by atoms with Gasteiger partial charge in [-0.1, -0.05) is 109 Å². The molecule has 31 heavy (non-hydrogen) atoms. The Balaban J connectivity index is 2.74. The predicted molar refractivity (Wildman–Crippen MR) is 142 cm³/mol. The van der Waals surface area contributed by atoms with Crippen molar-refractivity contribution < 1.29 is 4.43 Å². The molecule has 0 aliphatic rings. The summed E-state index contributed by atoms with van der Waals surface area (Å²) >= 11 is 0. The lowest BCUT2D eigenvalue weighted by Gasteiger charge is -2.46. The zero-order valence-corrected chi connectivity index (χ0v) is 24.2. The molecule has 0 spiro atoms. The Bertz CT molecular complexity index is 910. The third kappa shape index (κ3) is 5.80. The Morgan fingerprint density at radius 2 is 1.65 bits per heavy atom. The maximum atomic E-state index is 6.60. The monoisotopic (exact) mass is 450 g/mol. The van der Waals surface area contributed by atoms with Gasteiger partial charge < -0.3 is 4.43 Å². The molecule has 0 fully saturated rings. The van der Waals surface area contributed by atoms with Crippen LogP contribution in [0, 0.1) is 23.8 Å². The number of rotatable bonds is 7. The predicted octanol–water partition coefficient (Wildman–Crippen LogP) is 6.74. The molecule has 2 unspecified atom stereocenters. The summed E-state index contributed by atoms with van der Waals surface area (Å²) in [6, 6.07) is 17.6. The van der Waals surface area contributed by atoms with Crippen molar-refractivity contribution in [3.05, 3.63) is 70.8 Å². The molecule has 0 bridgehead atoms. The number of hydrogen-bond donors (Lipinski definition) is 0. The van der Waals surface area contributed by atoms with Crippen molar-refractivity contribution in [1.29, 1.82) is 0 Å². The molecule has 0 aliphatic carbocycles. The summed E-state index contributed by atoms with van der Waals surface area (Å²) < 4.78 is 6.60. The third-order valence-corrected chi connectivity index (χ3v) is 7.65. The highest BCUT2D eigenvalue weighted by Crippen LogP contribution is 2.49. The SMILES string of the molecule is CCCCC(C#C[Si](C)(C)C)c1cccc(C(O[SiH3])(c2ccccc2)C(C)(C)C)c1C. The fourth-order valence-corrected chi connectivity index (χ4v) is 6.30. The highest BCUT2D eigenvalue weighted by Gasteiger charge is 2.46. The van der Waals surface area contributed by atoms with E-state index in [9.17, 15) is 0 Å². The van der Waals surface area contributed by atoms with Gasteiger partial charge in [-0.3, -0.25) is 0 Å². The highest BCUT2D eigenvalue weighted by molar-refractivity contribution is 6.83. The zero-order chi connectivity index (χ0) is 23.3. The van der Waals surface area contributed by atoms with E-state index in [2.05, 4.69) is 114 Å². The number of unbranched alkanes of at least 4 members (excludes halogenated alkanes) is 1. The Morgan fingerprint density at radius 3 is 2.16 bits per heavy atom. The second kappa shape index (κ2) is 10.3. The number of benzene rings is 2. The Hall–Kier alpha value is -1.61. The van der Waals surface area contributed by atoms with Gasteiger partial charge in [-0.2, -0.15) is 0 Å². The lowest BCUT2D eigenvalue weighted by molar-refractivity contribution is 0.00613. The summed E-state index contributed by atoms with van der Waals surface area (Å²) in [5, 5.41) is 0. The van der Waals surface area contributed by atoms with E-state index in [0.717, 1.165) is 6.42 Å². The average molecular weight is 451 g/mol. The van der Waals surface area contributed by atoms with Crippen LogP contribution >= 0.6 is 0 Å². The van der Waals surface area contributed by atoms with E-state index in [1.807, 2.05) is 0 Å². The molecule has 0 saturated heterocycles. The Kier molecular flexibility index (Phi) is 8.56. The van der Waals surface area contributed by atoms with Crippen LogP contribution in [0.5, 0.6) is 0 Å². The maximum absolute atomic E-state index is 6.60. The summed E-state index contributed by atoms with van der Waals surface area (Å²) in [5.74, 6) is 3.99. The Labute approximate surface area is 195 Å². The molecule has 2 rings (SSSR count). The molecule has 0 N–H and O–H groups in total. The molecular weight excluding hydrogens is 408 g/mol. The second-order valence-corrected chi connectivity index (χ2v) is 15.9. The van der Waals surface area contributed by atoms with Gasteiger partial charge in [0.2, 0.25) is 0 Å². The first kappa shape index (κ1) is 25.7. The van der Waals surface area contributed by atoms with Crippen molar-refractivity contribution in [3.8, 4) is 11.5 Å². The molecule has 0 saturated carbocycles. The third-order valence-electron chi connectivity index (χ3n) is 6.14. The van der Waals surface area contributed by atoms with Crippen molar-refractivity contribution in [3.63, 3.8) is 0 Å². The molecule has 3 heteroatoms. The molecule has 0 heterocycles. The molecule has 0 radical (unpaired) electrons. The minimum atomic E-state index is -1.43. The molecule has 1 nitrogen and oxygen atoms in total. The molecule has 168 valence electrons. The molecule has 2 aromatic carbocycles. The van der Waals surface area contributed by atoms with Gasteiger partial charge in [-0.25, -0.2) is 0 Å². The van der Waals surface area contributed by atoms with Gasteiger partial charge in [0.25, 0.3) is 0 Å². The summed E-state index contributed by atoms with van der Waals surface area (Å²) in [6.45, 7) is 18.4. The van der Waals surface area contributed by atoms with Crippen LogP contribution in [-0.2, 0) is 10.0 Å². The van der Waals surface area contributed by atoms with Crippen molar-refractivity contribution in [2.24, 2.45) is 5.41 Å². The maximum Gasteiger partial charge on any atom is 0.147 e. The van der Waals surface area contributed by atoms with Crippen LogP contribution in [0.4, 0.5) is 0 Å². The molecule has 0 aromatic heterocycles. The minimum Gasteiger partial charge on any atom is -0.414 e. The van der Waals surface area contributed by atoms with Crippen molar-refractivity contribution in [2.75, 3.05) is 0 Å². The summed E-state index contributed by atoms with van der Waals surface area (Å²) in [6.07, 6.45) is 3.52. The van der Waals surface area contributed by atoms with E-state index in [-0.39, 0.29) is 11.3 Å². The smallest absolute Gasteiger partial charge is 0.147 e. The average Bonchev–Trinajstić information content (AvgIpc) is 2.70. The largest absolute Gasteiger partial charge is 0.414 e. The van der Waals surface area contributed by atoms with Crippen LogP contribution in [-0.4, -0.2) is 18.6 Å². The zero-order valence-electron chi connectivity index (χ0n) is 21.2. The van der Waals surface area contributed by atoms with Crippen LogP contribution in [0.2, 0.25) is 19.6 Å². The Morgan fingerprint density at radius 1 is 1.00 bits per heavy atom. The van der Waals surface area contributed by atoms with Crippen LogP contribution in [0.25, 0.3) is 0 Å². The van der Waals surface area contributed by atoms with Crippen molar-refractivity contribution >= 4 is 18.6 Å². The van der Waals surface area contributed by atoms with Gasteiger partial charge in [0.1, 0.15) is 24.2 Å². The van der Waals surface area contributed by atoms with Crippen molar-refractivity contribution in [2.45, 2.75) is 85.0 Å². The van der Waals surface area contributed by atoms with E-state index in [1.165, 1.54) is 35.1 Å². The van der Waals surface area contributed by atoms with E-state index in [1.54, 1.807) is 0 Å². The topological polar surface area (TPSA) is 9.23 Å². The van der Waals surface area contributed by atoms with Crippen LogP contribution in [0.15, 0.2) is 48.5 Å². The van der Waals surface area contributed by atoms with E-state index >= 15 is 0 Å². The molecule has 0 amide bonds. The number of hydrogen-bond acceptors (Lipinski definition) is 1. The van der Waals surface area contributed by atoms with Gasteiger partial charge in [-0.05, 0) is 41.0 Å². The lowest BCUT2D eigenvalue weighted by atomic mass is 9.66. The molecule has 2 aromatic rings. The molecule has 0 aliphatic heterocycles. The van der Waals surface area contributed by atoms with E-state index in [0.29, 0.717) is 10.5 Å². The van der Waals surface area contributed by atoms with Crippen molar-refractivity contribution in [1.82, 2.24) is 0 Å². The van der Waals surface area contributed by atoms with Gasteiger partial charge in [0, 0.05) is 5.92 Å². The standard InChI is InChI=1S/C28H42OSi2/c1-9-10-15-23(20-21-31(6,7)8)25-18-14-19-26(22(25)2)28(29-30,27(3,4)5)24-16-12-11-13-17-24/h11-14,16-19,23H,9-10,15H2,1-8,30H3. The minimum absolute atomic E-state index is 0.0948. The molecular formula is C28H42OSi2. The van der Waals surface area contributed by atoms with Gasteiger partial charge in [0.05, 0.1) is 0 Å². The van der Waals surface area contributed by atoms with Crippen LogP contribution < -0.4 is 0 Å². The summed E-state index contributed by atoms with van der Waals surface area (Å²) in [7, 11) is -0.766. The normalized spacial score (nSPS) is 15.1. The fourth-order valence-electron chi connectivity index (χ4n) is 4.63. The first-order chi connectivity index (χ1) is 14.5. The first-order valence-corrected chi connectivity index (χ1v) is 16.0. The van der Waals surface area contributed by atoms with Gasteiger partial charge >= 0.3 is 0 Å². The van der Waals surface area contributed by atoms with Crippen LogP contribution in [0.3, 0.4) is 0 Å². The van der Waals surface area contributed by atoms with E-state index < -0.39 is 13.7 Å². The summed E-state index contributed by atoms with van der Waals surface area (Å²) in [5.41, 5.74) is 8.32. The van der Waals surface area contributed by atoms with E-state index in [4.69, 9.17) is 4.43 Å². The molecule has 2 atom stereocenters. The lowest BCUT2D eigenvalue weighted by Crippen LogP contribution is -2.44. The first-order valence-electron chi connectivity index (χ1n) is 11.7. The quantitative estimate of drug-likeness (QED) is 0.335. The van der Waals surface area contributed by atoms with Crippen LogP contribution in [0.1, 0.15) is 75.1 Å². The fraction of sp³-hybridized carbons (Fsp3) is 0.500. The summed E-state index contributed by atoms with van der Waals surface area (Å²) in [4.78, 5) is 0. The van der Waals surface area contributed by atoms with Gasteiger partial charge in [-0.15, -0.1) is 11.5 Å². The van der Waals surface area contributed by atoms with Gasteiger partial charge in [0.15, 0.2) is 0 Å².